The first-order valence-corrected chi connectivity index (χ1v) is 8.96. The van der Waals surface area contributed by atoms with Gasteiger partial charge in [0.2, 0.25) is 0 Å². The zero-order chi connectivity index (χ0) is 21.5. The van der Waals surface area contributed by atoms with Crippen LogP contribution in [-0.4, -0.2) is 39.3 Å². The van der Waals surface area contributed by atoms with E-state index in [1.807, 2.05) is 0 Å². The number of rotatable bonds is 3. The van der Waals surface area contributed by atoms with Crippen molar-refractivity contribution in [1.29, 1.82) is 0 Å². The van der Waals surface area contributed by atoms with Crippen molar-refractivity contribution in [2.75, 3.05) is 6.54 Å². The van der Waals surface area contributed by atoms with Gasteiger partial charge in [0, 0.05) is 42.7 Å². The van der Waals surface area contributed by atoms with E-state index in [0.29, 0.717) is 22.4 Å². The fraction of sp³-hybridized carbons (Fsp3) is 0.200. The molecule has 0 aliphatic carbocycles. The van der Waals surface area contributed by atoms with Crippen LogP contribution in [0, 0.1) is 6.92 Å². The van der Waals surface area contributed by atoms with Crippen LogP contribution in [0.4, 0.5) is 13.2 Å². The highest BCUT2D eigenvalue weighted by Crippen LogP contribution is 2.33. The number of nitrogens with zero attached hydrogens (tertiary/aromatic N) is 3. The molecule has 3 aromatic rings. The Morgan fingerprint density at radius 2 is 2.03 bits per heavy atom. The molecule has 1 aliphatic rings. The van der Waals surface area contributed by atoms with Gasteiger partial charge in [0.25, 0.3) is 5.91 Å². The highest BCUT2D eigenvalue weighted by molar-refractivity contribution is 5.98. The van der Waals surface area contributed by atoms with Crippen molar-refractivity contribution < 1.29 is 27.6 Å². The second kappa shape index (κ2) is 7.29. The maximum atomic E-state index is 12.9. The summed E-state index contributed by atoms with van der Waals surface area (Å²) in [4.78, 5) is 36.9. The van der Waals surface area contributed by atoms with E-state index >= 15 is 0 Å². The minimum Gasteiger partial charge on any atom is -0.352 e. The van der Waals surface area contributed by atoms with Crippen molar-refractivity contribution in [3.8, 4) is 22.5 Å². The van der Waals surface area contributed by atoms with Crippen molar-refractivity contribution in [3.05, 3.63) is 59.7 Å². The standard InChI is InChI=1S/C20H15F3N4O3/c1-11-13(4-7-25-17(11)12-3-2-6-24-10-12)16-9-14-15(5-8-26-18(14)28)27(16)30-19(29)20(21,22)23/h2-4,6-7,9-10H,5,8H2,1H3,(H,26,28). The molecule has 0 radical (unpaired) electrons. The molecule has 1 aliphatic heterocycles. The number of halogens is 3. The predicted octanol–water partition coefficient (Wildman–Crippen LogP) is 2.72. The number of nitrogens with one attached hydrogen (secondary N) is 1. The third kappa shape index (κ3) is 3.40. The number of hydrogen-bond donors (Lipinski definition) is 1. The molecule has 30 heavy (non-hydrogen) atoms. The molecule has 0 saturated carbocycles. The number of hydrogen-bond acceptors (Lipinski definition) is 5. The Bertz CT molecular complexity index is 1140. The van der Waals surface area contributed by atoms with Gasteiger partial charge in [-0.3, -0.25) is 14.8 Å². The number of fused-ring (bicyclic) bond motifs is 1. The molecule has 4 rings (SSSR count). The van der Waals surface area contributed by atoms with Gasteiger partial charge >= 0.3 is 12.1 Å². The van der Waals surface area contributed by atoms with E-state index < -0.39 is 18.1 Å². The van der Waals surface area contributed by atoms with E-state index in [-0.39, 0.29) is 29.9 Å². The van der Waals surface area contributed by atoms with Gasteiger partial charge in [-0.25, -0.2) is 4.79 Å². The number of aromatic nitrogens is 3. The molecule has 1 amide bonds. The lowest BCUT2D eigenvalue weighted by Gasteiger charge is -2.18. The summed E-state index contributed by atoms with van der Waals surface area (Å²) in [5.74, 6) is -2.81. The molecule has 10 heteroatoms. The van der Waals surface area contributed by atoms with Gasteiger partial charge in [-0.15, -0.1) is 0 Å². The molecule has 0 fully saturated rings. The second-order valence-corrected chi connectivity index (χ2v) is 6.64. The summed E-state index contributed by atoms with van der Waals surface area (Å²) in [5, 5.41) is 2.63. The van der Waals surface area contributed by atoms with Gasteiger partial charge in [-0.2, -0.15) is 17.9 Å². The zero-order valence-corrected chi connectivity index (χ0v) is 15.7. The van der Waals surface area contributed by atoms with Crippen molar-refractivity contribution in [2.45, 2.75) is 19.5 Å². The summed E-state index contributed by atoms with van der Waals surface area (Å²) in [6.07, 6.45) is -0.255. The first-order valence-electron chi connectivity index (χ1n) is 8.96. The van der Waals surface area contributed by atoms with Crippen LogP contribution >= 0.6 is 0 Å². The first kappa shape index (κ1) is 19.6. The van der Waals surface area contributed by atoms with Crippen molar-refractivity contribution in [3.63, 3.8) is 0 Å². The highest BCUT2D eigenvalue weighted by atomic mass is 19.4. The minimum atomic E-state index is -5.18. The van der Waals surface area contributed by atoms with Crippen LogP contribution in [0.1, 0.15) is 21.6 Å². The Kier molecular flexibility index (Phi) is 4.76. The van der Waals surface area contributed by atoms with E-state index in [1.54, 1.807) is 37.5 Å². The summed E-state index contributed by atoms with van der Waals surface area (Å²) in [6, 6.07) is 6.54. The van der Waals surface area contributed by atoms with E-state index in [9.17, 15) is 22.8 Å². The Hall–Kier alpha value is -3.69. The van der Waals surface area contributed by atoms with Crippen LogP contribution in [0.15, 0.2) is 42.9 Å². The summed E-state index contributed by atoms with van der Waals surface area (Å²) in [5.41, 5.74) is 2.89. The minimum absolute atomic E-state index is 0.152. The summed E-state index contributed by atoms with van der Waals surface area (Å²) >= 11 is 0. The summed E-state index contributed by atoms with van der Waals surface area (Å²) in [7, 11) is 0. The van der Waals surface area contributed by atoms with E-state index in [1.165, 1.54) is 12.3 Å². The third-order valence-corrected chi connectivity index (χ3v) is 4.77. The second-order valence-electron chi connectivity index (χ2n) is 6.64. The van der Waals surface area contributed by atoms with Crippen LogP contribution in [0.25, 0.3) is 22.5 Å². The van der Waals surface area contributed by atoms with Crippen LogP contribution < -0.4 is 10.2 Å². The first-order chi connectivity index (χ1) is 14.3. The SMILES string of the molecule is Cc1c(-c2cc3c(n2OC(=O)C(F)(F)F)CCNC3=O)ccnc1-c1cccnc1. The number of amides is 1. The molecule has 0 atom stereocenters. The van der Waals surface area contributed by atoms with Crippen LogP contribution in [-0.2, 0) is 11.2 Å². The van der Waals surface area contributed by atoms with Crippen LogP contribution in [0.3, 0.4) is 0 Å². The van der Waals surface area contributed by atoms with Crippen molar-refractivity contribution in [1.82, 2.24) is 20.0 Å². The lowest BCUT2D eigenvalue weighted by molar-refractivity contribution is -0.199. The van der Waals surface area contributed by atoms with Gasteiger partial charge in [-0.1, -0.05) is 0 Å². The largest absolute Gasteiger partial charge is 0.493 e. The molecular weight excluding hydrogens is 401 g/mol. The quantitative estimate of drug-likeness (QED) is 0.710. The molecule has 0 saturated heterocycles. The molecule has 0 aromatic carbocycles. The van der Waals surface area contributed by atoms with Gasteiger partial charge in [-0.05, 0) is 36.8 Å². The lowest BCUT2D eigenvalue weighted by atomic mass is 10.0. The maximum Gasteiger partial charge on any atom is 0.493 e. The Morgan fingerprint density at radius 3 is 2.73 bits per heavy atom. The molecule has 0 spiro atoms. The predicted molar refractivity (Wildman–Crippen MR) is 99.3 cm³/mol. The molecule has 7 nitrogen and oxygen atoms in total. The number of pyridine rings is 2. The smallest absolute Gasteiger partial charge is 0.352 e. The Morgan fingerprint density at radius 1 is 1.23 bits per heavy atom. The molecule has 0 unspecified atom stereocenters. The average Bonchev–Trinajstić information content (AvgIpc) is 3.08. The van der Waals surface area contributed by atoms with Gasteiger partial charge in [0.15, 0.2) is 0 Å². The summed E-state index contributed by atoms with van der Waals surface area (Å²) < 4.78 is 39.4. The molecular formula is C20H15F3N4O3. The number of carbonyl (C=O) groups is 2. The lowest BCUT2D eigenvalue weighted by Crippen LogP contribution is -2.37. The molecule has 154 valence electrons. The maximum absolute atomic E-state index is 12.9. The molecule has 4 heterocycles. The highest BCUT2D eigenvalue weighted by Gasteiger charge is 2.43. The van der Waals surface area contributed by atoms with Crippen molar-refractivity contribution >= 4 is 11.9 Å². The van der Waals surface area contributed by atoms with Crippen LogP contribution in [0.5, 0.6) is 0 Å². The van der Waals surface area contributed by atoms with Gasteiger partial charge < -0.3 is 10.2 Å². The van der Waals surface area contributed by atoms with Crippen LogP contribution in [0.2, 0.25) is 0 Å². The van der Waals surface area contributed by atoms with E-state index in [2.05, 4.69) is 15.3 Å². The van der Waals surface area contributed by atoms with E-state index in [4.69, 9.17) is 4.84 Å². The summed E-state index contributed by atoms with van der Waals surface area (Å²) in [6.45, 7) is 1.96. The van der Waals surface area contributed by atoms with Gasteiger partial charge in [0.1, 0.15) is 0 Å². The third-order valence-electron chi connectivity index (χ3n) is 4.77. The number of carbonyl (C=O) groups excluding carboxylic acids is 2. The topological polar surface area (TPSA) is 86.1 Å². The molecule has 0 bridgehead atoms. The number of alkyl halides is 3. The Balaban J connectivity index is 1.89. The fourth-order valence-corrected chi connectivity index (χ4v) is 3.39. The average molecular weight is 416 g/mol. The molecule has 3 aromatic heterocycles. The molecule has 1 N–H and O–H groups in total. The zero-order valence-electron chi connectivity index (χ0n) is 15.7. The monoisotopic (exact) mass is 416 g/mol. The Labute approximate surface area is 168 Å². The normalized spacial score (nSPS) is 13.5. The van der Waals surface area contributed by atoms with E-state index in [0.717, 1.165) is 4.73 Å². The van der Waals surface area contributed by atoms with Gasteiger partial charge in [0.05, 0.1) is 22.6 Å². The fourth-order valence-electron chi connectivity index (χ4n) is 3.39. The van der Waals surface area contributed by atoms with Crippen molar-refractivity contribution in [2.24, 2.45) is 0 Å².